The van der Waals surface area contributed by atoms with Crippen molar-refractivity contribution in [1.29, 1.82) is 0 Å². The number of nitrogens with two attached hydrogens (primary N) is 1. The summed E-state index contributed by atoms with van der Waals surface area (Å²) in [5.41, 5.74) is 8.45. The smallest absolute Gasteiger partial charge is 0.164 e. The molecule has 22 heavy (non-hydrogen) atoms. The number of ether oxygens (including phenoxy) is 2. The average Bonchev–Trinajstić information content (AvgIpc) is 2.48. The number of hydrogen-bond acceptors (Lipinski definition) is 4. The quantitative estimate of drug-likeness (QED) is 0.787. The predicted molar refractivity (Wildman–Crippen MR) is 90.6 cm³/mol. The first-order valence-electron chi connectivity index (χ1n) is 8.09. The molecule has 1 atom stereocenters. The first-order valence-corrected chi connectivity index (χ1v) is 8.09. The molecule has 4 heteroatoms. The molecular formula is C18H28N2O2. The summed E-state index contributed by atoms with van der Waals surface area (Å²) in [5.74, 6) is 1.64. The summed E-state index contributed by atoms with van der Waals surface area (Å²) in [6.07, 6.45) is 4.98. The summed E-state index contributed by atoms with van der Waals surface area (Å²) in [6.45, 7) is 9.44. The van der Waals surface area contributed by atoms with Crippen LogP contribution in [0.3, 0.4) is 0 Å². The van der Waals surface area contributed by atoms with Gasteiger partial charge in [-0.2, -0.15) is 0 Å². The molecule has 1 aliphatic rings. The second kappa shape index (κ2) is 8.20. The van der Waals surface area contributed by atoms with Crippen LogP contribution in [0.4, 0.5) is 0 Å². The Morgan fingerprint density at radius 2 is 2.27 bits per heavy atom. The zero-order chi connectivity index (χ0) is 15.9. The van der Waals surface area contributed by atoms with Crippen LogP contribution < -0.4 is 15.2 Å². The van der Waals surface area contributed by atoms with Gasteiger partial charge in [0.25, 0.3) is 0 Å². The first kappa shape index (κ1) is 16.8. The molecule has 1 aliphatic heterocycles. The molecule has 0 radical (unpaired) electrons. The number of likely N-dealkylation sites (tertiary alicyclic amines) is 1. The molecule has 0 unspecified atom stereocenters. The number of benzene rings is 1. The van der Waals surface area contributed by atoms with Gasteiger partial charge in [0.2, 0.25) is 0 Å². The molecule has 0 spiro atoms. The summed E-state index contributed by atoms with van der Waals surface area (Å²) < 4.78 is 11.3. The SMILES string of the molecule is C=CCc1cc(CN2CCC[C@@H](N)C2)cc(OCC)c1OC. The average molecular weight is 304 g/mol. The van der Waals surface area contributed by atoms with E-state index in [0.717, 1.165) is 49.5 Å². The third-order valence-electron chi connectivity index (χ3n) is 4.01. The van der Waals surface area contributed by atoms with Crippen LogP contribution in [-0.2, 0) is 13.0 Å². The Morgan fingerprint density at radius 1 is 1.45 bits per heavy atom. The third kappa shape index (κ3) is 4.24. The van der Waals surface area contributed by atoms with Gasteiger partial charge >= 0.3 is 0 Å². The fourth-order valence-electron chi connectivity index (χ4n) is 3.11. The van der Waals surface area contributed by atoms with Crippen LogP contribution in [0.25, 0.3) is 0 Å². The Hall–Kier alpha value is -1.52. The minimum absolute atomic E-state index is 0.297. The van der Waals surface area contributed by atoms with E-state index in [2.05, 4.69) is 23.6 Å². The van der Waals surface area contributed by atoms with Gasteiger partial charge < -0.3 is 15.2 Å². The van der Waals surface area contributed by atoms with Crippen LogP contribution in [0.1, 0.15) is 30.9 Å². The maximum atomic E-state index is 6.08. The lowest BCUT2D eigenvalue weighted by Gasteiger charge is -2.31. The Labute approximate surface area is 133 Å². The molecule has 0 aromatic heterocycles. The van der Waals surface area contributed by atoms with E-state index in [0.29, 0.717) is 12.6 Å². The van der Waals surface area contributed by atoms with Gasteiger partial charge in [-0.3, -0.25) is 4.90 Å². The van der Waals surface area contributed by atoms with E-state index in [4.69, 9.17) is 15.2 Å². The van der Waals surface area contributed by atoms with Gasteiger partial charge in [-0.15, -0.1) is 6.58 Å². The second-order valence-corrected chi connectivity index (χ2v) is 5.85. The molecule has 0 bridgehead atoms. The fraction of sp³-hybridized carbons (Fsp3) is 0.556. The monoisotopic (exact) mass is 304 g/mol. The number of nitrogens with zero attached hydrogens (tertiary/aromatic N) is 1. The van der Waals surface area contributed by atoms with Crippen molar-refractivity contribution in [1.82, 2.24) is 4.90 Å². The highest BCUT2D eigenvalue weighted by Crippen LogP contribution is 2.34. The molecule has 4 nitrogen and oxygen atoms in total. The molecular weight excluding hydrogens is 276 g/mol. The van der Waals surface area contributed by atoms with E-state index in [1.807, 2.05) is 13.0 Å². The van der Waals surface area contributed by atoms with Gasteiger partial charge in [0.15, 0.2) is 11.5 Å². The number of piperidine rings is 1. The minimum Gasteiger partial charge on any atom is -0.493 e. The molecule has 2 N–H and O–H groups in total. The molecule has 0 aliphatic carbocycles. The van der Waals surface area contributed by atoms with Crippen molar-refractivity contribution in [2.45, 2.75) is 38.8 Å². The van der Waals surface area contributed by atoms with Crippen molar-refractivity contribution < 1.29 is 9.47 Å². The fourth-order valence-corrected chi connectivity index (χ4v) is 3.11. The number of hydrogen-bond donors (Lipinski definition) is 1. The summed E-state index contributed by atoms with van der Waals surface area (Å²) in [5, 5.41) is 0. The van der Waals surface area contributed by atoms with Gasteiger partial charge in [-0.1, -0.05) is 12.1 Å². The maximum Gasteiger partial charge on any atom is 0.164 e. The van der Waals surface area contributed by atoms with Gasteiger partial charge in [-0.25, -0.2) is 0 Å². The molecule has 2 rings (SSSR count). The summed E-state index contributed by atoms with van der Waals surface area (Å²) in [6, 6.07) is 4.59. The van der Waals surface area contributed by atoms with Crippen LogP contribution in [0.5, 0.6) is 11.5 Å². The Kier molecular flexibility index (Phi) is 6.28. The lowest BCUT2D eigenvalue weighted by molar-refractivity contribution is 0.201. The van der Waals surface area contributed by atoms with Crippen molar-refractivity contribution in [2.75, 3.05) is 26.8 Å². The lowest BCUT2D eigenvalue weighted by Crippen LogP contribution is -2.42. The topological polar surface area (TPSA) is 47.7 Å². The van der Waals surface area contributed by atoms with Crippen LogP contribution in [0.2, 0.25) is 0 Å². The van der Waals surface area contributed by atoms with E-state index >= 15 is 0 Å². The molecule has 1 aromatic carbocycles. The molecule has 1 saturated heterocycles. The standard InChI is InChI=1S/C18H28N2O2/c1-4-7-15-10-14(11-17(22-5-2)18(15)21-3)12-20-9-6-8-16(19)13-20/h4,10-11,16H,1,5-9,12-13,19H2,2-3H3/t16-/m1/s1. The Bertz CT molecular complexity index is 502. The van der Waals surface area contributed by atoms with E-state index in [1.54, 1.807) is 7.11 Å². The zero-order valence-electron chi connectivity index (χ0n) is 13.8. The van der Waals surface area contributed by atoms with Crippen molar-refractivity contribution in [2.24, 2.45) is 5.73 Å². The highest BCUT2D eigenvalue weighted by atomic mass is 16.5. The molecule has 1 fully saturated rings. The first-order chi connectivity index (χ1) is 10.7. The minimum atomic E-state index is 0.297. The van der Waals surface area contributed by atoms with Crippen LogP contribution in [-0.4, -0.2) is 37.7 Å². The summed E-state index contributed by atoms with van der Waals surface area (Å²) in [4.78, 5) is 2.42. The third-order valence-corrected chi connectivity index (χ3v) is 4.01. The van der Waals surface area contributed by atoms with Gasteiger partial charge in [0, 0.05) is 24.7 Å². The predicted octanol–water partition coefficient (Wildman–Crippen LogP) is 2.75. The van der Waals surface area contributed by atoms with Crippen molar-refractivity contribution in [3.8, 4) is 11.5 Å². The number of rotatable bonds is 7. The van der Waals surface area contributed by atoms with E-state index < -0.39 is 0 Å². The molecule has 0 saturated carbocycles. The van der Waals surface area contributed by atoms with Crippen LogP contribution >= 0.6 is 0 Å². The molecule has 0 amide bonds. The van der Waals surface area contributed by atoms with Crippen LogP contribution in [0, 0.1) is 0 Å². The largest absolute Gasteiger partial charge is 0.493 e. The van der Waals surface area contributed by atoms with Crippen molar-refractivity contribution in [3.63, 3.8) is 0 Å². The Morgan fingerprint density at radius 3 is 2.91 bits per heavy atom. The highest BCUT2D eigenvalue weighted by molar-refractivity contribution is 5.50. The number of methoxy groups -OCH3 is 1. The molecule has 1 heterocycles. The molecule has 122 valence electrons. The van der Waals surface area contributed by atoms with E-state index in [9.17, 15) is 0 Å². The van der Waals surface area contributed by atoms with Crippen LogP contribution in [0.15, 0.2) is 24.8 Å². The summed E-state index contributed by atoms with van der Waals surface area (Å²) >= 11 is 0. The highest BCUT2D eigenvalue weighted by Gasteiger charge is 2.18. The second-order valence-electron chi connectivity index (χ2n) is 5.85. The van der Waals surface area contributed by atoms with Gasteiger partial charge in [-0.05, 0) is 44.4 Å². The Balaban J connectivity index is 2.24. The normalized spacial score (nSPS) is 19.0. The maximum absolute atomic E-state index is 6.08. The summed E-state index contributed by atoms with van der Waals surface area (Å²) in [7, 11) is 1.69. The van der Waals surface area contributed by atoms with Crippen molar-refractivity contribution in [3.05, 3.63) is 35.9 Å². The van der Waals surface area contributed by atoms with Gasteiger partial charge in [0.1, 0.15) is 0 Å². The molecule has 1 aromatic rings. The van der Waals surface area contributed by atoms with Crippen molar-refractivity contribution >= 4 is 0 Å². The van der Waals surface area contributed by atoms with E-state index in [1.165, 1.54) is 12.0 Å². The lowest BCUT2D eigenvalue weighted by atomic mass is 10.0. The zero-order valence-corrected chi connectivity index (χ0v) is 13.8. The number of allylic oxidation sites excluding steroid dienone is 1. The van der Waals surface area contributed by atoms with E-state index in [-0.39, 0.29) is 0 Å². The van der Waals surface area contributed by atoms with Gasteiger partial charge in [0.05, 0.1) is 13.7 Å².